The highest BCUT2D eigenvalue weighted by molar-refractivity contribution is 8.13. The van der Waals surface area contributed by atoms with Gasteiger partial charge in [0.1, 0.15) is 11.3 Å². The fourth-order valence-corrected chi connectivity index (χ4v) is 2.21. The van der Waals surface area contributed by atoms with Gasteiger partial charge in [-0.15, -0.1) is 0 Å². The minimum atomic E-state index is -3.81. The molecule has 0 unspecified atom stereocenters. The Morgan fingerprint density at radius 1 is 1.50 bits per heavy atom. The molecule has 5 nitrogen and oxygen atoms in total. The monoisotopic (exact) mass is 231 g/mol. The van der Waals surface area contributed by atoms with Gasteiger partial charge < -0.3 is 0 Å². The summed E-state index contributed by atoms with van der Waals surface area (Å²) in [7, 11) is 1.41. The van der Waals surface area contributed by atoms with Crippen LogP contribution in [0.1, 0.15) is 5.82 Å². The van der Waals surface area contributed by atoms with Gasteiger partial charge >= 0.3 is 0 Å². The SMILES string of the molecule is Cc1nc(S(=O)(=O)Cl)c2cccnn12. The van der Waals surface area contributed by atoms with Crippen molar-refractivity contribution in [2.24, 2.45) is 0 Å². The maximum atomic E-state index is 11.1. The molecule has 0 radical (unpaired) electrons. The van der Waals surface area contributed by atoms with Crippen molar-refractivity contribution in [2.75, 3.05) is 0 Å². The molecule has 2 rings (SSSR count). The summed E-state index contributed by atoms with van der Waals surface area (Å²) in [5.74, 6) is 0.486. The Hall–Kier alpha value is -1.14. The maximum Gasteiger partial charge on any atom is 0.280 e. The van der Waals surface area contributed by atoms with Gasteiger partial charge in [-0.1, -0.05) is 0 Å². The summed E-state index contributed by atoms with van der Waals surface area (Å²) in [5.41, 5.74) is 0.389. The predicted octanol–water partition coefficient (Wildman–Crippen LogP) is 0.965. The molecule has 2 aromatic heterocycles. The van der Waals surface area contributed by atoms with Gasteiger partial charge in [-0.25, -0.2) is 17.9 Å². The zero-order chi connectivity index (χ0) is 10.3. The number of hydrogen-bond acceptors (Lipinski definition) is 4. The van der Waals surface area contributed by atoms with Crippen molar-refractivity contribution in [3.63, 3.8) is 0 Å². The normalized spacial score (nSPS) is 12.1. The molecule has 0 aliphatic rings. The van der Waals surface area contributed by atoms with E-state index in [4.69, 9.17) is 10.7 Å². The molecule has 0 saturated heterocycles. The zero-order valence-electron chi connectivity index (χ0n) is 7.18. The van der Waals surface area contributed by atoms with E-state index in [9.17, 15) is 8.42 Å². The molecule has 0 saturated carbocycles. The first kappa shape index (κ1) is 9.42. The number of hydrogen-bond donors (Lipinski definition) is 0. The van der Waals surface area contributed by atoms with Crippen LogP contribution in [0.4, 0.5) is 0 Å². The van der Waals surface area contributed by atoms with E-state index < -0.39 is 9.05 Å². The van der Waals surface area contributed by atoms with Crippen LogP contribution in [-0.2, 0) is 9.05 Å². The Morgan fingerprint density at radius 3 is 2.86 bits per heavy atom. The Bertz CT molecular complexity index is 590. The largest absolute Gasteiger partial charge is 0.280 e. The van der Waals surface area contributed by atoms with Crippen LogP contribution in [0.2, 0.25) is 0 Å². The van der Waals surface area contributed by atoms with Crippen LogP contribution >= 0.6 is 10.7 Å². The van der Waals surface area contributed by atoms with Crippen molar-refractivity contribution in [3.05, 3.63) is 24.2 Å². The fraction of sp³-hybridized carbons (Fsp3) is 0.143. The average Bonchev–Trinajstić information content (AvgIpc) is 2.44. The molecule has 0 N–H and O–H groups in total. The highest BCUT2D eigenvalue weighted by Crippen LogP contribution is 2.19. The maximum absolute atomic E-state index is 11.1. The molecule has 2 aromatic rings. The summed E-state index contributed by atoms with van der Waals surface area (Å²) in [6.07, 6.45) is 1.55. The van der Waals surface area contributed by atoms with E-state index in [1.54, 1.807) is 25.3 Å². The number of aryl methyl sites for hydroxylation is 1. The molecule has 2 heterocycles. The molecule has 0 atom stereocenters. The molecule has 0 aliphatic carbocycles. The van der Waals surface area contributed by atoms with Crippen molar-refractivity contribution in [3.8, 4) is 0 Å². The van der Waals surface area contributed by atoms with Crippen LogP contribution in [0.25, 0.3) is 5.52 Å². The summed E-state index contributed by atoms with van der Waals surface area (Å²) in [4.78, 5) is 3.84. The Balaban J connectivity index is 2.93. The van der Waals surface area contributed by atoms with Gasteiger partial charge in [-0.05, 0) is 19.1 Å². The van der Waals surface area contributed by atoms with Crippen LogP contribution in [0.3, 0.4) is 0 Å². The van der Waals surface area contributed by atoms with Crippen LogP contribution in [0, 0.1) is 6.92 Å². The van der Waals surface area contributed by atoms with Crippen molar-refractivity contribution >= 4 is 25.2 Å². The summed E-state index contributed by atoms with van der Waals surface area (Å²) in [6.45, 7) is 1.66. The Labute approximate surface area is 84.8 Å². The fourth-order valence-electron chi connectivity index (χ4n) is 1.22. The molecule has 74 valence electrons. The van der Waals surface area contributed by atoms with Gasteiger partial charge in [0.15, 0.2) is 5.03 Å². The van der Waals surface area contributed by atoms with Gasteiger partial charge in [-0.3, -0.25) is 0 Å². The number of imidazole rings is 1. The van der Waals surface area contributed by atoms with Crippen LogP contribution in [0.15, 0.2) is 23.4 Å². The zero-order valence-corrected chi connectivity index (χ0v) is 8.75. The van der Waals surface area contributed by atoms with Gasteiger partial charge in [0.25, 0.3) is 9.05 Å². The first-order valence-electron chi connectivity index (χ1n) is 3.75. The summed E-state index contributed by atoms with van der Waals surface area (Å²) in [5, 5.41) is 3.80. The van der Waals surface area contributed by atoms with E-state index in [0.717, 1.165) is 0 Å². The van der Waals surface area contributed by atoms with Crippen molar-refractivity contribution in [1.82, 2.24) is 14.6 Å². The van der Waals surface area contributed by atoms with Crippen LogP contribution in [0.5, 0.6) is 0 Å². The molecular formula is C7H6ClN3O2S. The number of halogens is 1. The predicted molar refractivity (Wildman–Crippen MR) is 50.8 cm³/mol. The summed E-state index contributed by atoms with van der Waals surface area (Å²) >= 11 is 0. The van der Waals surface area contributed by atoms with Crippen LogP contribution in [-0.4, -0.2) is 23.0 Å². The second-order valence-corrected chi connectivity index (χ2v) is 5.20. The molecule has 7 heteroatoms. The van der Waals surface area contributed by atoms with Gasteiger partial charge in [-0.2, -0.15) is 5.10 Å². The number of nitrogens with zero attached hydrogens (tertiary/aromatic N) is 3. The topological polar surface area (TPSA) is 64.3 Å². The average molecular weight is 232 g/mol. The lowest BCUT2D eigenvalue weighted by Gasteiger charge is -1.92. The Kier molecular flexibility index (Phi) is 1.97. The first-order valence-corrected chi connectivity index (χ1v) is 6.06. The lowest BCUT2D eigenvalue weighted by Crippen LogP contribution is -1.93. The first-order chi connectivity index (χ1) is 6.50. The molecule has 0 bridgehead atoms. The van der Waals surface area contributed by atoms with Gasteiger partial charge in [0, 0.05) is 16.9 Å². The van der Waals surface area contributed by atoms with Crippen LogP contribution < -0.4 is 0 Å². The van der Waals surface area contributed by atoms with E-state index in [-0.39, 0.29) is 5.03 Å². The van der Waals surface area contributed by atoms with Crippen molar-refractivity contribution in [2.45, 2.75) is 11.9 Å². The van der Waals surface area contributed by atoms with E-state index in [2.05, 4.69) is 10.1 Å². The minimum absolute atomic E-state index is 0.148. The van der Waals surface area contributed by atoms with Gasteiger partial charge in [0.05, 0.1) is 0 Å². The summed E-state index contributed by atoms with van der Waals surface area (Å²) < 4.78 is 23.7. The highest BCUT2D eigenvalue weighted by Gasteiger charge is 2.19. The van der Waals surface area contributed by atoms with Crippen molar-refractivity contribution in [1.29, 1.82) is 0 Å². The third-order valence-electron chi connectivity index (χ3n) is 1.77. The summed E-state index contributed by atoms with van der Waals surface area (Å²) in [6, 6.07) is 3.23. The molecule has 0 aliphatic heterocycles. The quantitative estimate of drug-likeness (QED) is 0.686. The second-order valence-electron chi connectivity index (χ2n) is 2.72. The number of aromatic nitrogens is 3. The lowest BCUT2D eigenvalue weighted by molar-refractivity contribution is 0.607. The van der Waals surface area contributed by atoms with E-state index in [1.807, 2.05) is 0 Å². The highest BCUT2D eigenvalue weighted by atomic mass is 35.7. The smallest absolute Gasteiger partial charge is 0.218 e. The third kappa shape index (κ3) is 1.36. The molecule has 0 fully saturated rings. The lowest BCUT2D eigenvalue weighted by atomic mass is 10.5. The Morgan fingerprint density at radius 2 is 2.21 bits per heavy atom. The van der Waals surface area contributed by atoms with Crippen molar-refractivity contribution < 1.29 is 8.42 Å². The molecule has 0 spiro atoms. The van der Waals surface area contributed by atoms with E-state index in [0.29, 0.717) is 11.3 Å². The standard InChI is InChI=1S/C7H6ClN3O2S/c1-5-10-7(14(8,12)13)6-3-2-4-9-11(5)6/h2-4H,1H3. The van der Waals surface area contributed by atoms with E-state index >= 15 is 0 Å². The van der Waals surface area contributed by atoms with Gasteiger partial charge in [0.2, 0.25) is 0 Å². The number of rotatable bonds is 1. The van der Waals surface area contributed by atoms with E-state index in [1.165, 1.54) is 4.52 Å². The third-order valence-corrected chi connectivity index (χ3v) is 2.97. The molecule has 0 amide bonds. The second kappa shape index (κ2) is 2.93. The molecule has 0 aromatic carbocycles. The minimum Gasteiger partial charge on any atom is -0.218 e. The molecular weight excluding hydrogens is 226 g/mol. The number of fused-ring (bicyclic) bond motifs is 1. The molecule has 14 heavy (non-hydrogen) atoms.